The number of hydrogen-bond donors (Lipinski definition) is 0. The molecule has 2 aliphatic rings. The van der Waals surface area contributed by atoms with E-state index < -0.39 is 154 Å². The average Bonchev–Trinajstić information content (AvgIpc) is 0.816. The van der Waals surface area contributed by atoms with Crippen LogP contribution in [0.5, 0.6) is 0 Å². The Morgan fingerprint density at radius 2 is 0.660 bits per heavy atom. The van der Waals surface area contributed by atoms with E-state index >= 15 is 70.2 Å². The third-order valence-corrected chi connectivity index (χ3v) is 27.7. The summed E-state index contributed by atoms with van der Waals surface area (Å²) in [6.07, 6.45) is 22.9. The number of benzene rings is 12. The summed E-state index contributed by atoms with van der Waals surface area (Å²) in [6.45, 7) is 25.2. The van der Waals surface area contributed by atoms with Crippen molar-refractivity contribution in [1.82, 2.24) is 4.57 Å². The molecule has 147 heavy (non-hydrogen) atoms. The van der Waals surface area contributed by atoms with Crippen molar-refractivity contribution in [2.45, 2.75) is 174 Å². The lowest BCUT2D eigenvalue weighted by atomic mass is 9.91. The lowest BCUT2D eigenvalue weighted by Gasteiger charge is -2.36. The van der Waals surface area contributed by atoms with E-state index in [9.17, 15) is 9.59 Å². The minimum atomic E-state index is -2.24. The number of unbranched alkanes of at least 4 members (excludes halogenated alkanes) is 2. The number of aromatic nitrogens is 1. The van der Waals surface area contributed by atoms with Gasteiger partial charge >= 0.3 is 0 Å². The number of anilines is 2. The van der Waals surface area contributed by atoms with Crippen LogP contribution in [0, 0.1) is 112 Å². The Balaban J connectivity index is 0.000000296. The maximum absolute atomic E-state index is 15.6. The first-order chi connectivity index (χ1) is 68.5. The number of carbonyl (C=O) groups excluding carboxylic acids is 2. The van der Waals surface area contributed by atoms with Crippen molar-refractivity contribution in [2.24, 2.45) is 11.8 Å². The molecule has 0 amide bonds. The van der Waals surface area contributed by atoms with Crippen LogP contribution in [0.4, 0.5) is 81.6 Å². The highest BCUT2D eigenvalue weighted by molar-refractivity contribution is 7.46. The van der Waals surface area contributed by atoms with Crippen molar-refractivity contribution in [3.8, 4) is 66.8 Å². The molecule has 0 aliphatic carbocycles. The summed E-state index contributed by atoms with van der Waals surface area (Å²) in [7, 11) is 5.90. The zero-order valence-electron chi connectivity index (χ0n) is 83.8. The van der Waals surface area contributed by atoms with Gasteiger partial charge in [0.05, 0.1) is 99.1 Å². The van der Waals surface area contributed by atoms with Crippen LogP contribution in [-0.4, -0.2) is 101 Å². The van der Waals surface area contributed by atoms with E-state index in [-0.39, 0.29) is 52.5 Å². The van der Waals surface area contributed by atoms with E-state index in [4.69, 9.17) is 22.8 Å². The van der Waals surface area contributed by atoms with Crippen LogP contribution in [0.2, 0.25) is 0 Å². The molecule has 2 unspecified atom stereocenters. The SMILES string of the molecule is C.C.C/C=C/c1ccc2c(c1)c1cc(/C=C/c3ccc(-c4c(F)c(F)c(-c5c(F)c(F)c(-c6ccc(C)cc6)c(F)c5F)c(F)c4F)cc3)ccc1n2CC(CC)CCCC.C1CCOC1.CCCCC(CC)CN1c2ccc(C=O)cc2Cc2cc(C=O)ccc21.CCOP(Cc1ccc(-c2c(F)c(F)c(-c3c(F)c(F)c(-c4ccc(CP(OCC)OCC)cc4)c(F)c3F)c(F)c2F)cc1)OCC.C[N+](C)(C)C.[OH-].[PH2-]. The van der Waals surface area contributed by atoms with E-state index in [0.717, 1.165) is 120 Å². The quantitative estimate of drug-likeness (QED) is 0.00955. The Bertz CT molecular complexity index is 6330. The maximum atomic E-state index is 15.6. The number of ether oxygens (including phenoxy) is 1. The van der Waals surface area contributed by atoms with Crippen molar-refractivity contribution in [3.63, 3.8) is 0 Å². The number of nitrogens with zero attached hydrogens (tertiary/aromatic N) is 3. The number of rotatable bonds is 35. The molecule has 790 valence electrons. The Morgan fingerprint density at radius 3 is 0.952 bits per heavy atom. The predicted octanol–water partition coefficient (Wildman–Crippen LogP) is 35.3. The summed E-state index contributed by atoms with van der Waals surface area (Å²) < 4.78 is 277. The second-order valence-electron chi connectivity index (χ2n) is 36.2. The molecule has 2 atom stereocenters. The Hall–Kier alpha value is -11.1. The standard InChI is InChI=1S/C50H41F8N.C34H32F8O4P2.C23H27NO2.C4H12N.C4H8O.2CH4.H2O.H2P/c1-5-8-10-29(7-3)27-59-37-23-17-31(9-6-2)25-35(37)36-26-32(18-24-38(36)59)14-13-30-15-21-34(22-16-30)40-45(53)49(57)42(50(58)46(40)54)41-47(55)43(51)39(44(52)48(41)56)33-19-11-28(4)12-20-33;1-5-43-47(44-6-2)17-19-9-13-21(14-10-19)23-27(35)31(39)25(32(40)28(23)36)26-33(41)29(37)24(30(38)34(26)42)22-15-11-20(12-16-22)18-48(45-7-3)46-8-4;1-3-5-6-17(4-2)14-24-22-9-7-18(15-25)11-20(22)13-21-12-19(16-26)8-10-23(21)24;1-5(2,3)4;1-2-4-5-3-1;;;;/h6,9,11-26,29H,5,7-8,10,27H2,1-4H3;9-16H,5-8,17-18H2,1-4H3;7-12,15-17H,3-6,13-14H2,1-2H3;1-4H3;1-4H2;2*1H4;2*1H2/q;;;+1;;;;;-1/p-1/b9-6+,14-13+;;;;;;;;. The summed E-state index contributed by atoms with van der Waals surface area (Å²) in [5.41, 5.74) is -0.540. The molecule has 1 saturated heterocycles. The van der Waals surface area contributed by atoms with Crippen molar-refractivity contribution in [3.05, 3.63) is 325 Å². The fourth-order valence-corrected chi connectivity index (χ4v) is 19.8. The van der Waals surface area contributed by atoms with Gasteiger partial charge in [-0.05, 0) is 201 Å². The van der Waals surface area contributed by atoms with Crippen LogP contribution < -0.4 is 4.90 Å². The smallest absolute Gasteiger partial charge is 0.175 e. The lowest BCUT2D eigenvalue weighted by Crippen LogP contribution is -2.29. The van der Waals surface area contributed by atoms with Gasteiger partial charge in [-0.3, -0.25) is 9.59 Å². The van der Waals surface area contributed by atoms with Crippen LogP contribution in [0.15, 0.2) is 176 Å². The predicted molar refractivity (Wildman–Crippen MR) is 570 cm³/mol. The molecule has 12 aromatic carbocycles. The van der Waals surface area contributed by atoms with E-state index in [2.05, 4.69) is 114 Å². The molecule has 0 saturated carbocycles. The Kier molecular flexibility index (Phi) is 48.2. The van der Waals surface area contributed by atoms with Crippen LogP contribution in [0.25, 0.3) is 107 Å². The van der Waals surface area contributed by atoms with Crippen LogP contribution in [0.1, 0.15) is 207 Å². The summed E-state index contributed by atoms with van der Waals surface area (Å²) in [4.78, 5) is 24.8. The number of hydrogen-bond acceptors (Lipinski definition) is 9. The van der Waals surface area contributed by atoms with Gasteiger partial charge in [-0.1, -0.05) is 220 Å². The van der Waals surface area contributed by atoms with Crippen LogP contribution in [0.3, 0.4) is 0 Å². The number of allylic oxidation sites excluding steroid dienone is 1. The highest BCUT2D eigenvalue weighted by Crippen LogP contribution is 2.50. The molecule has 1 N–H and O–H groups in total. The van der Waals surface area contributed by atoms with Crippen molar-refractivity contribution in [1.29, 1.82) is 0 Å². The van der Waals surface area contributed by atoms with Gasteiger partial charge in [-0.2, -0.15) is 0 Å². The molecule has 1 fully saturated rings. The second kappa shape index (κ2) is 57.6. The zero-order valence-corrected chi connectivity index (χ0v) is 86.7. The third kappa shape index (κ3) is 30.0. The van der Waals surface area contributed by atoms with E-state index in [1.165, 1.54) is 147 Å². The van der Waals surface area contributed by atoms with E-state index in [1.54, 1.807) is 40.7 Å². The average molecular weight is 2100 g/mol. The Labute approximate surface area is 859 Å². The molecule has 15 rings (SSSR count). The van der Waals surface area contributed by atoms with Crippen LogP contribution in [-0.2, 0) is 48.1 Å². The molecule has 0 bridgehead atoms. The first-order valence-electron chi connectivity index (χ1n) is 48.1. The molecule has 0 spiro atoms. The van der Waals surface area contributed by atoms with Crippen LogP contribution >= 0.6 is 26.6 Å². The molecule has 11 nitrogen and oxygen atoms in total. The van der Waals surface area contributed by atoms with Gasteiger partial charge in [-0.15, -0.1) is 0 Å². The van der Waals surface area contributed by atoms with Gasteiger partial charge in [-0.25, -0.2) is 70.2 Å². The number of carbonyl (C=O) groups is 2. The molecule has 2 aliphatic heterocycles. The number of aldehydes is 2. The second-order valence-corrected chi connectivity index (χ2v) is 39.2. The lowest BCUT2D eigenvalue weighted by molar-refractivity contribution is -0.849. The number of fused-ring (bicyclic) bond motifs is 5. The van der Waals surface area contributed by atoms with Crippen molar-refractivity contribution < 1.29 is 113 Å². The van der Waals surface area contributed by atoms with Gasteiger partial charge in [0.25, 0.3) is 0 Å². The molecule has 3 heterocycles. The van der Waals surface area contributed by atoms with Gasteiger partial charge < -0.3 is 52.2 Å². The highest BCUT2D eigenvalue weighted by atomic mass is 31.2. The van der Waals surface area contributed by atoms with Crippen molar-refractivity contribution >= 4 is 90.6 Å². The molecule has 0 radical (unpaired) electrons. The molecule has 13 aromatic rings. The first-order valence-corrected chi connectivity index (χ1v) is 50.8. The van der Waals surface area contributed by atoms with Gasteiger partial charge in [0.2, 0.25) is 0 Å². The molecular weight excluding hydrogens is 1970 g/mol. The van der Waals surface area contributed by atoms with Gasteiger partial charge in [0.15, 0.2) is 110 Å². The molecule has 1 aromatic heterocycles. The molecular formula is C117H131F16N3O8P3-. The summed E-state index contributed by atoms with van der Waals surface area (Å²) in [5, 5.41) is 2.23. The monoisotopic (exact) mass is 2100 g/mol. The summed E-state index contributed by atoms with van der Waals surface area (Å²) >= 11 is 0. The first kappa shape index (κ1) is 123. The fourth-order valence-electron chi connectivity index (χ4n) is 17.1. The zero-order chi connectivity index (χ0) is 104. The number of quaternary nitrogens is 1. The maximum Gasteiger partial charge on any atom is 0.175 e. The Morgan fingerprint density at radius 1 is 0.374 bits per heavy atom. The fraction of sp³-hybridized carbons (Fsp3) is 0.333. The van der Waals surface area contributed by atoms with E-state index in [0.29, 0.717) is 84.0 Å². The van der Waals surface area contributed by atoms with Gasteiger partial charge in [0.1, 0.15) is 12.6 Å². The number of aryl methyl sites for hydroxylation is 1. The minimum absolute atomic E-state index is 0. The third-order valence-electron chi connectivity index (χ3n) is 24.3. The molecule has 30 heteroatoms. The van der Waals surface area contributed by atoms with Crippen molar-refractivity contribution in [2.75, 3.05) is 79.3 Å². The van der Waals surface area contributed by atoms with E-state index in [1.807, 2.05) is 49.4 Å². The topological polar surface area (TPSA) is 118 Å². The van der Waals surface area contributed by atoms with Gasteiger partial charge in [0, 0.05) is 89.4 Å². The number of halogens is 16. The normalized spacial score (nSPS) is 12.5. The highest BCUT2D eigenvalue weighted by Gasteiger charge is 2.38. The summed E-state index contributed by atoms with van der Waals surface area (Å²) in [6, 6.07) is 45.9. The summed E-state index contributed by atoms with van der Waals surface area (Å²) in [5.74, 6) is -32.7. The minimum Gasteiger partial charge on any atom is -0.870 e. The largest absolute Gasteiger partial charge is 0.870 e.